The molecule has 4 heteroatoms. The van der Waals surface area contributed by atoms with Crippen LogP contribution in [0.25, 0.3) is 16.9 Å². The van der Waals surface area contributed by atoms with Crippen LogP contribution in [-0.4, -0.2) is 19.2 Å². The molecular formula is C15H18N4. The monoisotopic (exact) mass is 254 g/mol. The number of fused-ring (bicyclic) bond motifs is 1. The Morgan fingerprint density at radius 1 is 1.21 bits per heavy atom. The third-order valence-electron chi connectivity index (χ3n) is 3.55. The van der Waals surface area contributed by atoms with Gasteiger partial charge in [-0.25, -0.2) is 4.98 Å². The molecule has 3 aromatic rings. The second-order valence-electron chi connectivity index (χ2n) is 4.96. The first-order chi connectivity index (χ1) is 9.10. The van der Waals surface area contributed by atoms with Gasteiger partial charge in [0.2, 0.25) is 0 Å². The summed E-state index contributed by atoms with van der Waals surface area (Å²) < 4.78 is 4.09. The molecule has 4 nitrogen and oxygen atoms in total. The maximum Gasteiger partial charge on any atom is 0.137 e. The maximum absolute atomic E-state index is 4.72. The third-order valence-corrected chi connectivity index (χ3v) is 3.55. The Balaban J connectivity index is 2.21. The summed E-state index contributed by atoms with van der Waals surface area (Å²) in [5.74, 6) is 0. The highest BCUT2D eigenvalue weighted by atomic mass is 15.3. The molecule has 0 bridgehead atoms. The minimum Gasteiger partial charge on any atom is -0.306 e. The highest BCUT2D eigenvalue weighted by Gasteiger charge is 2.15. The zero-order valence-corrected chi connectivity index (χ0v) is 11.8. The van der Waals surface area contributed by atoms with Gasteiger partial charge < -0.3 is 4.40 Å². The minimum atomic E-state index is 0.888. The van der Waals surface area contributed by atoms with Crippen LogP contribution in [0, 0.1) is 20.8 Å². The SMILES string of the molecule is CCn1nc(C)c(-c2cn3ccc(C)cc3n2)c1C. The molecular weight excluding hydrogens is 236 g/mol. The van der Waals surface area contributed by atoms with E-state index in [4.69, 9.17) is 4.98 Å². The average Bonchev–Trinajstić information content (AvgIpc) is 2.89. The summed E-state index contributed by atoms with van der Waals surface area (Å²) in [6.07, 6.45) is 4.13. The summed E-state index contributed by atoms with van der Waals surface area (Å²) in [5.41, 5.74) is 6.59. The quantitative estimate of drug-likeness (QED) is 0.704. The number of pyridine rings is 1. The van der Waals surface area contributed by atoms with Gasteiger partial charge in [-0.05, 0) is 45.4 Å². The molecule has 0 aliphatic heterocycles. The highest BCUT2D eigenvalue weighted by Crippen LogP contribution is 2.26. The first-order valence-corrected chi connectivity index (χ1v) is 6.60. The fourth-order valence-electron chi connectivity index (χ4n) is 2.58. The molecule has 0 amide bonds. The van der Waals surface area contributed by atoms with Crippen LogP contribution in [0.1, 0.15) is 23.9 Å². The van der Waals surface area contributed by atoms with Crippen LogP contribution in [0.2, 0.25) is 0 Å². The first kappa shape index (κ1) is 12.0. The molecule has 3 heterocycles. The Kier molecular flexibility index (Phi) is 2.66. The number of hydrogen-bond acceptors (Lipinski definition) is 2. The van der Waals surface area contributed by atoms with Crippen LogP contribution in [0.4, 0.5) is 0 Å². The molecule has 0 radical (unpaired) electrons. The van der Waals surface area contributed by atoms with E-state index in [0.29, 0.717) is 0 Å². The molecule has 0 atom stereocenters. The van der Waals surface area contributed by atoms with Gasteiger partial charge in [-0.1, -0.05) is 0 Å². The van der Waals surface area contributed by atoms with Crippen molar-refractivity contribution in [1.82, 2.24) is 19.2 Å². The Labute approximate surface area is 112 Å². The number of aryl methyl sites for hydroxylation is 3. The van der Waals surface area contributed by atoms with Gasteiger partial charge >= 0.3 is 0 Å². The maximum atomic E-state index is 4.72. The van der Waals surface area contributed by atoms with Gasteiger partial charge in [0.1, 0.15) is 5.65 Å². The van der Waals surface area contributed by atoms with Crippen molar-refractivity contribution in [2.75, 3.05) is 0 Å². The van der Waals surface area contributed by atoms with Crippen LogP contribution in [-0.2, 0) is 6.54 Å². The molecule has 3 aromatic heterocycles. The molecule has 19 heavy (non-hydrogen) atoms. The number of imidazole rings is 1. The summed E-state index contributed by atoms with van der Waals surface area (Å²) in [6, 6.07) is 4.19. The summed E-state index contributed by atoms with van der Waals surface area (Å²) in [4.78, 5) is 4.72. The van der Waals surface area contributed by atoms with Crippen molar-refractivity contribution in [2.45, 2.75) is 34.2 Å². The Bertz CT molecular complexity index is 749. The van der Waals surface area contributed by atoms with Gasteiger partial charge in [-0.3, -0.25) is 4.68 Å². The van der Waals surface area contributed by atoms with E-state index in [2.05, 4.69) is 54.8 Å². The largest absolute Gasteiger partial charge is 0.306 e. The van der Waals surface area contributed by atoms with Crippen molar-refractivity contribution in [3.63, 3.8) is 0 Å². The summed E-state index contributed by atoms with van der Waals surface area (Å²) in [7, 11) is 0. The van der Waals surface area contributed by atoms with Gasteiger partial charge in [0.15, 0.2) is 0 Å². The summed E-state index contributed by atoms with van der Waals surface area (Å²) >= 11 is 0. The van der Waals surface area contributed by atoms with Gasteiger partial charge in [0, 0.05) is 30.2 Å². The van der Waals surface area contributed by atoms with E-state index in [1.807, 2.05) is 11.6 Å². The summed E-state index contributed by atoms with van der Waals surface area (Å²) in [6.45, 7) is 9.23. The second kappa shape index (κ2) is 4.23. The average molecular weight is 254 g/mol. The third kappa shape index (κ3) is 1.84. The van der Waals surface area contributed by atoms with Crippen LogP contribution < -0.4 is 0 Å². The van der Waals surface area contributed by atoms with E-state index in [1.54, 1.807) is 0 Å². The lowest BCUT2D eigenvalue weighted by Crippen LogP contribution is -1.98. The lowest BCUT2D eigenvalue weighted by molar-refractivity contribution is 0.634. The van der Waals surface area contributed by atoms with Crippen molar-refractivity contribution < 1.29 is 0 Å². The molecule has 98 valence electrons. The standard InChI is InChI=1S/C15H18N4/c1-5-19-12(4)15(11(3)17-19)13-9-18-7-6-10(2)8-14(18)16-13/h6-9H,5H2,1-4H3. The molecule has 0 unspecified atom stereocenters. The molecule has 0 saturated heterocycles. The van der Waals surface area contributed by atoms with Crippen molar-refractivity contribution in [2.24, 2.45) is 0 Å². The molecule has 0 aromatic carbocycles. The van der Waals surface area contributed by atoms with E-state index in [0.717, 1.165) is 29.1 Å². The predicted octanol–water partition coefficient (Wildman–Crippen LogP) is 3.14. The molecule has 0 aliphatic rings. The fraction of sp³-hybridized carbons (Fsp3) is 0.333. The summed E-state index contributed by atoms with van der Waals surface area (Å²) in [5, 5.41) is 4.56. The van der Waals surface area contributed by atoms with Crippen molar-refractivity contribution in [3.05, 3.63) is 41.5 Å². The van der Waals surface area contributed by atoms with Crippen LogP contribution in [0.5, 0.6) is 0 Å². The lowest BCUT2D eigenvalue weighted by atomic mass is 10.1. The van der Waals surface area contributed by atoms with Crippen molar-refractivity contribution in [1.29, 1.82) is 0 Å². The fourth-order valence-corrected chi connectivity index (χ4v) is 2.58. The zero-order chi connectivity index (χ0) is 13.6. The molecule has 0 spiro atoms. The van der Waals surface area contributed by atoms with E-state index in [9.17, 15) is 0 Å². The molecule has 0 saturated carbocycles. The Morgan fingerprint density at radius 3 is 2.68 bits per heavy atom. The normalized spacial score (nSPS) is 11.4. The predicted molar refractivity (Wildman–Crippen MR) is 76.3 cm³/mol. The van der Waals surface area contributed by atoms with Gasteiger partial charge in [-0.15, -0.1) is 0 Å². The smallest absolute Gasteiger partial charge is 0.137 e. The molecule has 0 N–H and O–H groups in total. The van der Waals surface area contributed by atoms with Gasteiger partial charge in [0.25, 0.3) is 0 Å². The Morgan fingerprint density at radius 2 is 2.00 bits per heavy atom. The zero-order valence-electron chi connectivity index (χ0n) is 11.8. The Hall–Kier alpha value is -2.10. The van der Waals surface area contributed by atoms with Crippen molar-refractivity contribution in [3.8, 4) is 11.3 Å². The molecule has 3 rings (SSSR count). The minimum absolute atomic E-state index is 0.888. The van der Waals surface area contributed by atoms with E-state index < -0.39 is 0 Å². The van der Waals surface area contributed by atoms with Crippen molar-refractivity contribution >= 4 is 5.65 Å². The topological polar surface area (TPSA) is 35.1 Å². The van der Waals surface area contributed by atoms with Crippen LogP contribution in [0.15, 0.2) is 24.5 Å². The molecule has 0 aliphatic carbocycles. The number of rotatable bonds is 2. The molecule has 0 fully saturated rings. The van der Waals surface area contributed by atoms with E-state index in [1.165, 1.54) is 11.3 Å². The number of nitrogens with zero attached hydrogens (tertiary/aromatic N) is 4. The van der Waals surface area contributed by atoms with Crippen LogP contribution >= 0.6 is 0 Å². The number of hydrogen-bond donors (Lipinski definition) is 0. The highest BCUT2D eigenvalue weighted by molar-refractivity contribution is 5.67. The first-order valence-electron chi connectivity index (χ1n) is 6.60. The van der Waals surface area contributed by atoms with Gasteiger partial charge in [0.05, 0.1) is 11.4 Å². The van der Waals surface area contributed by atoms with Gasteiger partial charge in [-0.2, -0.15) is 5.10 Å². The van der Waals surface area contributed by atoms with E-state index >= 15 is 0 Å². The second-order valence-corrected chi connectivity index (χ2v) is 4.96. The lowest BCUT2D eigenvalue weighted by Gasteiger charge is -1.99. The van der Waals surface area contributed by atoms with Crippen LogP contribution in [0.3, 0.4) is 0 Å². The van der Waals surface area contributed by atoms with E-state index in [-0.39, 0.29) is 0 Å². The number of aromatic nitrogens is 4.